The van der Waals surface area contributed by atoms with E-state index >= 15 is 0 Å². The van der Waals surface area contributed by atoms with Crippen molar-refractivity contribution in [2.45, 2.75) is 16.0 Å². The van der Waals surface area contributed by atoms with E-state index in [1.54, 1.807) is 0 Å². The Morgan fingerprint density at radius 1 is 1.07 bits per heavy atom. The van der Waals surface area contributed by atoms with Gasteiger partial charge in [-0.25, -0.2) is 17.6 Å². The molecule has 2 aromatic carbocycles. The summed E-state index contributed by atoms with van der Waals surface area (Å²) >= 11 is 0. The van der Waals surface area contributed by atoms with Gasteiger partial charge in [-0.2, -0.15) is 13.2 Å². The van der Waals surface area contributed by atoms with Gasteiger partial charge >= 0.3 is 12.3 Å². The number of halogens is 4. The number of alkyl halides is 3. The molecular formula is C18H16F4N2O4S. The van der Waals surface area contributed by atoms with Crippen LogP contribution in [0, 0.1) is 5.82 Å². The predicted octanol–water partition coefficient (Wildman–Crippen LogP) is 3.08. The Morgan fingerprint density at radius 2 is 1.72 bits per heavy atom. The molecule has 1 amide bonds. The van der Waals surface area contributed by atoms with Crippen LogP contribution in [0.4, 0.5) is 22.4 Å². The molecule has 0 atom stereocenters. The lowest BCUT2D eigenvalue weighted by Gasteiger charge is -2.27. The van der Waals surface area contributed by atoms with Gasteiger partial charge < -0.3 is 15.0 Å². The summed E-state index contributed by atoms with van der Waals surface area (Å²) in [4.78, 5) is 11.7. The minimum Gasteiger partial charge on any atom is -0.410 e. The van der Waals surface area contributed by atoms with E-state index < -0.39 is 49.0 Å². The second-order valence-corrected chi connectivity index (χ2v) is 8.11. The van der Waals surface area contributed by atoms with Crippen molar-refractivity contribution in [3.8, 4) is 5.75 Å². The number of hydrogen-bond donors (Lipinski definition) is 1. The Kier molecular flexibility index (Phi) is 5.80. The lowest BCUT2D eigenvalue weighted by molar-refractivity contribution is -0.140. The van der Waals surface area contributed by atoms with Crippen LogP contribution in [0.1, 0.15) is 5.56 Å². The molecule has 1 aliphatic heterocycles. The van der Waals surface area contributed by atoms with Crippen LogP contribution in [0.15, 0.2) is 52.3 Å². The van der Waals surface area contributed by atoms with Crippen molar-refractivity contribution in [2.75, 3.05) is 26.2 Å². The molecule has 0 radical (unpaired) electrons. The highest BCUT2D eigenvalue weighted by atomic mass is 32.2. The zero-order chi connectivity index (χ0) is 21.2. The Labute approximate surface area is 164 Å². The Hall–Kier alpha value is -2.66. The fraction of sp³-hybridized carbons (Fsp3) is 0.278. The first-order chi connectivity index (χ1) is 13.6. The number of rotatable bonds is 3. The molecule has 0 unspecified atom stereocenters. The van der Waals surface area contributed by atoms with Crippen LogP contribution < -0.4 is 10.1 Å². The lowest BCUT2D eigenvalue weighted by atomic mass is 10.2. The summed E-state index contributed by atoms with van der Waals surface area (Å²) in [5, 5.41) is 2.98. The topological polar surface area (TPSA) is 75.7 Å². The van der Waals surface area contributed by atoms with Crippen molar-refractivity contribution in [3.63, 3.8) is 0 Å². The highest BCUT2D eigenvalue weighted by Crippen LogP contribution is 2.42. The number of amides is 1. The van der Waals surface area contributed by atoms with Crippen molar-refractivity contribution < 1.29 is 35.5 Å². The summed E-state index contributed by atoms with van der Waals surface area (Å²) in [5.41, 5.74) is -1.62. The van der Waals surface area contributed by atoms with Crippen molar-refractivity contribution in [3.05, 3.63) is 53.8 Å². The molecule has 0 bridgehead atoms. The van der Waals surface area contributed by atoms with Crippen LogP contribution in [-0.2, 0) is 16.0 Å². The summed E-state index contributed by atoms with van der Waals surface area (Å²) in [7, 11) is -4.73. The second kappa shape index (κ2) is 7.99. The van der Waals surface area contributed by atoms with Gasteiger partial charge in [0.1, 0.15) is 17.1 Å². The molecular weight excluding hydrogens is 416 g/mol. The lowest BCUT2D eigenvalue weighted by Crippen LogP contribution is -2.47. The number of nitrogens with zero attached hydrogens (tertiary/aromatic N) is 1. The molecule has 0 saturated carbocycles. The number of ether oxygens (including phenoxy) is 1. The molecule has 1 N–H and O–H groups in total. The fourth-order valence-corrected chi connectivity index (χ4v) is 4.39. The van der Waals surface area contributed by atoms with Gasteiger partial charge in [0, 0.05) is 26.2 Å². The normalized spacial score (nSPS) is 15.2. The Balaban J connectivity index is 2.07. The summed E-state index contributed by atoms with van der Waals surface area (Å²) in [6.07, 6.45) is -6.16. The van der Waals surface area contributed by atoms with Crippen LogP contribution in [0.5, 0.6) is 5.75 Å². The number of hydrogen-bond acceptors (Lipinski definition) is 5. The molecule has 156 valence electrons. The van der Waals surface area contributed by atoms with Crippen LogP contribution >= 0.6 is 0 Å². The number of nitrogens with one attached hydrogen (secondary N) is 1. The fourth-order valence-electron chi connectivity index (χ4n) is 2.87. The molecule has 11 heteroatoms. The molecule has 0 aromatic heterocycles. The van der Waals surface area contributed by atoms with E-state index in [4.69, 9.17) is 4.74 Å². The maximum absolute atomic E-state index is 13.8. The largest absolute Gasteiger partial charge is 0.421 e. The number of carbonyl (C=O) groups excluding carboxylic acids is 1. The van der Waals surface area contributed by atoms with Gasteiger partial charge in [-0.15, -0.1) is 0 Å². The van der Waals surface area contributed by atoms with Gasteiger partial charge in [-0.05, 0) is 30.3 Å². The van der Waals surface area contributed by atoms with Crippen molar-refractivity contribution >= 4 is 15.9 Å². The zero-order valence-corrected chi connectivity index (χ0v) is 15.7. The maximum Gasteiger partial charge on any atom is 0.421 e. The van der Waals surface area contributed by atoms with Gasteiger partial charge in [0.25, 0.3) is 0 Å². The van der Waals surface area contributed by atoms with Crippen molar-refractivity contribution in [2.24, 2.45) is 0 Å². The molecule has 6 nitrogen and oxygen atoms in total. The summed E-state index contributed by atoms with van der Waals surface area (Å²) < 4.78 is 85.2. The molecule has 1 heterocycles. The van der Waals surface area contributed by atoms with Crippen LogP contribution in [0.3, 0.4) is 0 Å². The molecule has 0 aliphatic carbocycles. The van der Waals surface area contributed by atoms with Gasteiger partial charge in [-0.1, -0.05) is 12.1 Å². The molecule has 1 aliphatic rings. The number of benzene rings is 2. The van der Waals surface area contributed by atoms with Gasteiger partial charge in [0.05, 0.1) is 9.79 Å². The number of piperazine rings is 1. The first-order valence-electron chi connectivity index (χ1n) is 8.49. The third-order valence-electron chi connectivity index (χ3n) is 4.24. The first-order valence-corrected chi connectivity index (χ1v) is 9.97. The van der Waals surface area contributed by atoms with E-state index in [-0.39, 0.29) is 13.1 Å². The number of carbonyl (C=O) groups is 1. The molecule has 0 spiro atoms. The monoisotopic (exact) mass is 432 g/mol. The molecule has 3 rings (SSSR count). The van der Waals surface area contributed by atoms with Crippen LogP contribution in [-0.4, -0.2) is 45.6 Å². The predicted molar refractivity (Wildman–Crippen MR) is 93.8 cm³/mol. The Morgan fingerprint density at radius 3 is 2.34 bits per heavy atom. The smallest absolute Gasteiger partial charge is 0.410 e. The summed E-state index contributed by atoms with van der Waals surface area (Å²) in [5.74, 6) is -1.85. The van der Waals surface area contributed by atoms with Crippen LogP contribution in [0.25, 0.3) is 0 Å². The third-order valence-corrected chi connectivity index (χ3v) is 6.03. The van der Waals surface area contributed by atoms with E-state index in [1.807, 2.05) is 0 Å². The van der Waals surface area contributed by atoms with Gasteiger partial charge in [0.2, 0.25) is 9.84 Å². The average Bonchev–Trinajstić information content (AvgIpc) is 2.67. The average molecular weight is 432 g/mol. The maximum atomic E-state index is 13.8. The SMILES string of the molecule is O=C(Oc1cccc(S(=O)(=O)c2cccc(F)c2)c1C(F)(F)F)N1CCNCC1. The van der Waals surface area contributed by atoms with Gasteiger partial charge in [-0.3, -0.25) is 0 Å². The van der Waals surface area contributed by atoms with Crippen molar-refractivity contribution in [1.29, 1.82) is 0 Å². The van der Waals surface area contributed by atoms with E-state index in [1.165, 1.54) is 4.90 Å². The molecule has 1 saturated heterocycles. The van der Waals surface area contributed by atoms with E-state index in [0.717, 1.165) is 36.4 Å². The molecule has 1 fully saturated rings. The highest BCUT2D eigenvalue weighted by Gasteiger charge is 2.42. The summed E-state index contributed by atoms with van der Waals surface area (Å²) in [6, 6.07) is 6.28. The summed E-state index contributed by atoms with van der Waals surface area (Å²) in [6.45, 7) is 1.38. The van der Waals surface area contributed by atoms with Gasteiger partial charge in [0.15, 0.2) is 0 Å². The van der Waals surface area contributed by atoms with Crippen LogP contribution in [0.2, 0.25) is 0 Å². The minimum absolute atomic E-state index is 0.238. The molecule has 2 aromatic rings. The second-order valence-electron chi connectivity index (χ2n) is 6.19. The van der Waals surface area contributed by atoms with E-state index in [9.17, 15) is 30.8 Å². The first kappa shape index (κ1) is 21.1. The standard InChI is InChI=1S/C18H16F4N2O4S/c19-12-3-1-4-13(11-12)29(26,27)15-6-2-5-14(16(15)18(20,21)22)28-17(25)24-9-7-23-8-10-24/h1-6,11,23H,7-10H2. The third kappa shape index (κ3) is 4.51. The zero-order valence-electron chi connectivity index (χ0n) is 14.9. The van der Waals surface area contributed by atoms with E-state index in [0.29, 0.717) is 19.2 Å². The molecule has 29 heavy (non-hydrogen) atoms. The number of sulfone groups is 1. The highest BCUT2D eigenvalue weighted by molar-refractivity contribution is 7.91. The van der Waals surface area contributed by atoms with Crippen molar-refractivity contribution in [1.82, 2.24) is 10.2 Å². The minimum atomic E-state index is -5.14. The quantitative estimate of drug-likeness (QED) is 0.755. The van der Waals surface area contributed by atoms with E-state index in [2.05, 4.69) is 5.32 Å². The Bertz CT molecular complexity index is 1020.